The molecule has 452 valence electrons. The Balaban J connectivity index is 0.000000224. The first-order valence-corrected chi connectivity index (χ1v) is 31.8. The number of nitrogens with two attached hydrogens (primary N) is 1. The Kier molecular flexibility index (Phi) is 21.4. The van der Waals surface area contributed by atoms with Crippen molar-refractivity contribution in [3.63, 3.8) is 0 Å². The zero-order chi connectivity index (χ0) is 60.9. The summed E-state index contributed by atoms with van der Waals surface area (Å²) in [6.07, 6.45) is 0.605. The summed E-state index contributed by atoms with van der Waals surface area (Å²) >= 11 is 10.2. The second-order valence-corrected chi connectivity index (χ2v) is 26.8. The number of ether oxygens (including phenoxy) is 1. The SMILES string of the molecule is Cc1ccc(C(=O)N(CCCN)C(c2nc3cc4[nH]c(Br)cc4cc3c(=O)n2Cc2cccs2)C(C)C)cc1.Cc1ccc(C(=O)N(CCCNC(=O)OC(C)(C)C)C(c2nc3cc4[nH]c(Br)cc4cc3c(=O)n2Cc2cccs2)C(C)C)cc1.Cl. The number of fused-ring (bicyclic) bond motifs is 4. The molecule has 6 aromatic heterocycles. The van der Waals surface area contributed by atoms with Crippen molar-refractivity contribution in [2.75, 3.05) is 26.2 Å². The van der Waals surface area contributed by atoms with Crippen molar-refractivity contribution >= 4 is 128 Å². The Morgan fingerprint density at radius 1 is 0.651 bits per heavy atom. The molecule has 0 bridgehead atoms. The summed E-state index contributed by atoms with van der Waals surface area (Å²) in [5, 5.41) is 9.70. The Morgan fingerprint density at radius 3 is 1.44 bits per heavy atom. The lowest BCUT2D eigenvalue weighted by Crippen LogP contribution is -2.43. The molecule has 16 nitrogen and oxygen atoms in total. The zero-order valence-corrected chi connectivity index (χ0v) is 55.3. The van der Waals surface area contributed by atoms with Crippen LogP contribution < -0.4 is 22.2 Å². The van der Waals surface area contributed by atoms with Gasteiger partial charge >= 0.3 is 6.09 Å². The number of benzene rings is 4. The van der Waals surface area contributed by atoms with Gasteiger partial charge in [0, 0.05) is 62.3 Å². The predicted octanol–water partition coefficient (Wildman–Crippen LogP) is 14.5. The Bertz CT molecular complexity index is 4120. The highest BCUT2D eigenvalue weighted by Gasteiger charge is 2.35. The number of nitrogens with zero attached hydrogens (tertiary/aromatic N) is 6. The topological polar surface area (TPSA) is 206 Å². The molecule has 0 aliphatic heterocycles. The van der Waals surface area contributed by atoms with Gasteiger partial charge in [-0.15, -0.1) is 35.1 Å². The number of thiophene rings is 2. The lowest BCUT2D eigenvalue weighted by atomic mass is 9.98. The van der Waals surface area contributed by atoms with Crippen LogP contribution >= 0.6 is 66.9 Å². The molecular weight excluding hydrogens is 1280 g/mol. The summed E-state index contributed by atoms with van der Waals surface area (Å²) in [7, 11) is 0. The number of carbonyl (C=O) groups is 3. The van der Waals surface area contributed by atoms with Crippen LogP contribution in [0.4, 0.5) is 4.79 Å². The van der Waals surface area contributed by atoms with E-state index >= 15 is 0 Å². The van der Waals surface area contributed by atoms with Gasteiger partial charge in [-0.2, -0.15) is 0 Å². The van der Waals surface area contributed by atoms with Crippen LogP contribution in [0.1, 0.15) is 127 Å². The van der Waals surface area contributed by atoms with Crippen molar-refractivity contribution < 1.29 is 19.1 Å². The van der Waals surface area contributed by atoms with Crippen LogP contribution in [-0.2, 0) is 17.8 Å². The number of alkyl carbamates (subject to hydrolysis) is 1. The Morgan fingerprint density at radius 2 is 1.07 bits per heavy atom. The van der Waals surface area contributed by atoms with Crippen molar-refractivity contribution in [3.8, 4) is 0 Å². The van der Waals surface area contributed by atoms with Gasteiger partial charge in [0.05, 0.1) is 56.2 Å². The van der Waals surface area contributed by atoms with Crippen LogP contribution in [-0.4, -0.2) is 88.6 Å². The fraction of sp³-hybridized carbons (Fsp3) is 0.338. The number of carbonyl (C=O) groups excluding carboxylic acids is 3. The average Bonchev–Trinajstić information content (AvgIpc) is 1.40. The first-order valence-electron chi connectivity index (χ1n) is 28.5. The standard InChI is InChI=1S/C35H40BrN5O4S.C30H32BrN5O2S.ClH/c1-21(2)30(40(32(42)23-12-10-22(3)11-13-23)15-8-14-37-34(44)45-35(4,5)6)31-39-28-19-27-24(18-29(36)38-27)17-26(28)33(43)41(31)20-25-9-7-16-46-25;1-18(2)27(35(12-5-11-32)29(37)20-9-7-19(3)8-10-20)28-34-25-16-24-21(15-26(31)33-24)14-23(25)30(38)36(28)17-22-6-4-13-39-22;/h7,9-13,16-19,21,30,38H,8,14-15,20H2,1-6H3,(H,37,44);4,6-10,13-16,18,27,33H,5,11-12,17,32H2,1-3H3;1H. The van der Waals surface area contributed by atoms with E-state index in [4.69, 9.17) is 20.4 Å². The molecule has 10 rings (SSSR count). The van der Waals surface area contributed by atoms with E-state index in [1.807, 2.05) is 173 Å². The summed E-state index contributed by atoms with van der Waals surface area (Å²) < 4.78 is 10.5. The highest BCUT2D eigenvalue weighted by Crippen LogP contribution is 2.34. The quantitative estimate of drug-likeness (QED) is 0.0567. The lowest BCUT2D eigenvalue weighted by molar-refractivity contribution is 0.0518. The average molecular weight is 1350 g/mol. The smallest absolute Gasteiger partial charge is 0.407 e. The van der Waals surface area contributed by atoms with E-state index in [2.05, 4.69) is 61.0 Å². The van der Waals surface area contributed by atoms with Crippen LogP contribution in [0.3, 0.4) is 0 Å². The highest BCUT2D eigenvalue weighted by molar-refractivity contribution is 9.10. The van der Waals surface area contributed by atoms with E-state index in [1.54, 1.807) is 36.7 Å². The second kappa shape index (κ2) is 28.3. The predicted molar refractivity (Wildman–Crippen MR) is 357 cm³/mol. The molecule has 0 aliphatic rings. The fourth-order valence-corrected chi connectivity index (χ4v) is 12.9. The van der Waals surface area contributed by atoms with Crippen molar-refractivity contribution in [2.24, 2.45) is 17.6 Å². The van der Waals surface area contributed by atoms with Crippen LogP contribution in [0.15, 0.2) is 139 Å². The first kappa shape index (κ1) is 65.0. The maximum Gasteiger partial charge on any atom is 0.407 e. The van der Waals surface area contributed by atoms with Gasteiger partial charge in [-0.3, -0.25) is 28.3 Å². The van der Waals surface area contributed by atoms with Gasteiger partial charge < -0.3 is 35.6 Å². The molecule has 0 fully saturated rings. The molecule has 0 saturated heterocycles. The molecule has 2 atom stereocenters. The van der Waals surface area contributed by atoms with Gasteiger partial charge in [0.25, 0.3) is 22.9 Å². The summed E-state index contributed by atoms with van der Waals surface area (Å²) in [5.74, 6) is 0.722. The number of hydrogen-bond donors (Lipinski definition) is 4. The number of halogens is 3. The van der Waals surface area contributed by atoms with Crippen LogP contribution in [0.25, 0.3) is 43.6 Å². The lowest BCUT2D eigenvalue weighted by Gasteiger charge is -2.35. The molecule has 4 aromatic carbocycles. The molecule has 5 N–H and O–H groups in total. The molecule has 21 heteroatoms. The number of aromatic nitrogens is 6. The van der Waals surface area contributed by atoms with Gasteiger partial charge in [-0.05, 0) is 181 Å². The Hall–Kier alpha value is -6.94. The minimum absolute atomic E-state index is 0. The van der Waals surface area contributed by atoms with E-state index in [9.17, 15) is 24.0 Å². The third-order valence-electron chi connectivity index (χ3n) is 14.6. The Labute approximate surface area is 531 Å². The van der Waals surface area contributed by atoms with Gasteiger partial charge in [-0.25, -0.2) is 14.8 Å². The van der Waals surface area contributed by atoms with E-state index in [-0.39, 0.29) is 47.2 Å². The number of amides is 3. The van der Waals surface area contributed by atoms with E-state index in [0.717, 1.165) is 51.9 Å². The first-order chi connectivity index (χ1) is 40.6. The fourth-order valence-electron chi connectivity index (χ4n) is 10.6. The van der Waals surface area contributed by atoms with Crippen molar-refractivity contribution in [2.45, 2.75) is 106 Å². The molecule has 0 saturated carbocycles. The van der Waals surface area contributed by atoms with Gasteiger partial charge in [0.15, 0.2) is 0 Å². The van der Waals surface area contributed by atoms with E-state index in [1.165, 1.54) is 0 Å². The maximum atomic E-state index is 14.3. The molecule has 0 spiro atoms. The number of nitrogens with one attached hydrogen (secondary N) is 3. The number of rotatable bonds is 19. The zero-order valence-electron chi connectivity index (χ0n) is 49.7. The summed E-state index contributed by atoms with van der Waals surface area (Å²) in [6, 6.07) is 33.5. The minimum Gasteiger partial charge on any atom is -0.444 e. The molecule has 6 heterocycles. The van der Waals surface area contributed by atoms with E-state index in [0.29, 0.717) is 96.7 Å². The van der Waals surface area contributed by atoms with E-state index < -0.39 is 23.8 Å². The van der Waals surface area contributed by atoms with Crippen molar-refractivity contribution in [3.05, 3.63) is 194 Å². The minimum atomic E-state index is -0.615. The number of aromatic amines is 2. The summed E-state index contributed by atoms with van der Waals surface area (Å²) in [6.45, 7) is 19.9. The normalized spacial score (nSPS) is 12.3. The number of aryl methyl sites for hydroxylation is 2. The summed E-state index contributed by atoms with van der Waals surface area (Å²) in [4.78, 5) is 91.7. The molecule has 2 unspecified atom stereocenters. The van der Waals surface area contributed by atoms with Crippen LogP contribution in [0, 0.1) is 25.7 Å². The molecule has 0 aliphatic carbocycles. The highest BCUT2D eigenvalue weighted by atomic mass is 79.9. The van der Waals surface area contributed by atoms with Crippen LogP contribution in [0.5, 0.6) is 0 Å². The second-order valence-electron chi connectivity index (χ2n) is 23.1. The monoisotopic (exact) mass is 1350 g/mol. The third-order valence-corrected chi connectivity index (χ3v) is 17.2. The molecular formula is C65H73Br2ClN10O6S2. The largest absolute Gasteiger partial charge is 0.444 e. The van der Waals surface area contributed by atoms with Gasteiger partial charge in [-0.1, -0.05) is 75.2 Å². The maximum absolute atomic E-state index is 14.3. The third kappa shape index (κ3) is 15.2. The van der Waals surface area contributed by atoms with Gasteiger partial charge in [0.1, 0.15) is 17.2 Å². The molecule has 86 heavy (non-hydrogen) atoms. The van der Waals surface area contributed by atoms with Crippen molar-refractivity contribution in [1.29, 1.82) is 0 Å². The molecule has 3 amide bonds. The number of hydrogen-bond acceptors (Lipinski definition) is 11. The molecule has 10 aromatic rings. The molecule has 0 radical (unpaired) electrons. The van der Waals surface area contributed by atoms with Crippen molar-refractivity contribution in [1.82, 2.24) is 44.2 Å². The number of H-pyrrole nitrogens is 2. The van der Waals surface area contributed by atoms with Crippen LogP contribution in [0.2, 0.25) is 0 Å². The summed E-state index contributed by atoms with van der Waals surface area (Å²) in [5.41, 5.74) is 11.2. The van der Waals surface area contributed by atoms with Gasteiger partial charge in [0.2, 0.25) is 0 Å².